The molecule has 2 rings (SSSR count). The average Bonchev–Trinajstić information content (AvgIpc) is 2.78. The predicted octanol–water partition coefficient (Wildman–Crippen LogP) is 1.87. The second kappa shape index (κ2) is 4.72. The molecule has 0 saturated carbocycles. The van der Waals surface area contributed by atoms with Crippen LogP contribution < -0.4 is 10.6 Å². The Morgan fingerprint density at radius 2 is 2.35 bits per heavy atom. The number of nitrogens with zero attached hydrogens (tertiary/aromatic N) is 2. The van der Waals surface area contributed by atoms with Crippen LogP contribution in [0.3, 0.4) is 0 Å². The summed E-state index contributed by atoms with van der Waals surface area (Å²) in [5.74, 6) is 0.0967. The predicted molar refractivity (Wildman–Crippen MR) is 65.1 cm³/mol. The van der Waals surface area contributed by atoms with Gasteiger partial charge in [-0.1, -0.05) is 0 Å². The van der Waals surface area contributed by atoms with Crippen LogP contribution in [0.5, 0.6) is 0 Å². The molecule has 1 aromatic rings. The molecule has 1 fully saturated rings. The van der Waals surface area contributed by atoms with E-state index in [1.807, 2.05) is 17.9 Å². The molecule has 0 aliphatic carbocycles. The SMILES string of the molecule is CC(N)C1CCN(c2ccc(C#N)cc2F)C1. The molecule has 1 aromatic carbocycles. The maximum absolute atomic E-state index is 13.8. The topological polar surface area (TPSA) is 53.0 Å². The van der Waals surface area contributed by atoms with Gasteiger partial charge in [-0.2, -0.15) is 5.26 Å². The van der Waals surface area contributed by atoms with Gasteiger partial charge in [0, 0.05) is 19.1 Å². The molecule has 1 aliphatic rings. The normalized spacial score (nSPS) is 21.3. The highest BCUT2D eigenvalue weighted by Gasteiger charge is 2.26. The van der Waals surface area contributed by atoms with Crippen molar-refractivity contribution >= 4 is 5.69 Å². The minimum Gasteiger partial charge on any atom is -0.369 e. The fourth-order valence-corrected chi connectivity index (χ4v) is 2.27. The van der Waals surface area contributed by atoms with Gasteiger partial charge < -0.3 is 10.6 Å². The van der Waals surface area contributed by atoms with Crippen molar-refractivity contribution in [2.45, 2.75) is 19.4 Å². The molecule has 1 saturated heterocycles. The van der Waals surface area contributed by atoms with Crippen molar-refractivity contribution in [2.24, 2.45) is 11.7 Å². The van der Waals surface area contributed by atoms with Crippen molar-refractivity contribution in [1.29, 1.82) is 5.26 Å². The number of halogens is 1. The standard InChI is InChI=1S/C13H16FN3/c1-9(16)11-4-5-17(8-11)13-3-2-10(7-15)6-12(13)14/h2-3,6,9,11H,4-5,8,16H2,1H3. The Bertz CT molecular complexity index is 450. The Morgan fingerprint density at radius 3 is 2.88 bits per heavy atom. The van der Waals surface area contributed by atoms with Crippen molar-refractivity contribution < 1.29 is 4.39 Å². The van der Waals surface area contributed by atoms with Gasteiger partial charge in [-0.3, -0.25) is 0 Å². The largest absolute Gasteiger partial charge is 0.369 e. The first-order valence-electron chi connectivity index (χ1n) is 5.82. The van der Waals surface area contributed by atoms with Crippen molar-refractivity contribution in [3.05, 3.63) is 29.6 Å². The molecule has 1 aliphatic heterocycles. The van der Waals surface area contributed by atoms with Crippen LogP contribution in [0.4, 0.5) is 10.1 Å². The molecular formula is C13H16FN3. The number of hydrogen-bond acceptors (Lipinski definition) is 3. The van der Waals surface area contributed by atoms with E-state index in [2.05, 4.69) is 0 Å². The summed E-state index contributed by atoms with van der Waals surface area (Å²) in [5, 5.41) is 8.69. The Hall–Kier alpha value is -1.60. The average molecular weight is 233 g/mol. The summed E-state index contributed by atoms with van der Waals surface area (Å²) in [6.45, 7) is 3.61. The van der Waals surface area contributed by atoms with Gasteiger partial charge >= 0.3 is 0 Å². The molecule has 0 bridgehead atoms. The van der Waals surface area contributed by atoms with Crippen molar-refractivity contribution in [2.75, 3.05) is 18.0 Å². The zero-order chi connectivity index (χ0) is 12.4. The Labute approximate surface area is 101 Å². The molecule has 0 amide bonds. The van der Waals surface area contributed by atoms with Gasteiger partial charge in [-0.05, 0) is 37.5 Å². The van der Waals surface area contributed by atoms with Crippen LogP contribution in [0.15, 0.2) is 18.2 Å². The highest BCUT2D eigenvalue weighted by atomic mass is 19.1. The number of rotatable bonds is 2. The minimum absolute atomic E-state index is 0.140. The van der Waals surface area contributed by atoms with Gasteiger partial charge in [0.25, 0.3) is 0 Å². The summed E-state index contributed by atoms with van der Waals surface area (Å²) in [4.78, 5) is 2.00. The molecule has 2 N–H and O–H groups in total. The molecule has 1 heterocycles. The molecule has 2 atom stereocenters. The van der Waals surface area contributed by atoms with E-state index in [4.69, 9.17) is 11.0 Å². The second-order valence-electron chi connectivity index (χ2n) is 4.63. The van der Waals surface area contributed by atoms with Crippen LogP contribution in [-0.4, -0.2) is 19.1 Å². The first-order valence-corrected chi connectivity index (χ1v) is 5.82. The summed E-state index contributed by atoms with van der Waals surface area (Å²) in [5.41, 5.74) is 6.79. The van der Waals surface area contributed by atoms with Gasteiger partial charge in [0.1, 0.15) is 5.82 Å². The van der Waals surface area contributed by atoms with Crippen LogP contribution in [0.1, 0.15) is 18.9 Å². The maximum atomic E-state index is 13.8. The molecule has 90 valence electrons. The van der Waals surface area contributed by atoms with E-state index in [9.17, 15) is 4.39 Å². The highest BCUT2D eigenvalue weighted by Crippen LogP contribution is 2.27. The van der Waals surface area contributed by atoms with Gasteiger partial charge in [0.05, 0.1) is 17.3 Å². The van der Waals surface area contributed by atoms with Crippen molar-refractivity contribution in [1.82, 2.24) is 0 Å². The molecule has 0 radical (unpaired) electrons. The maximum Gasteiger partial charge on any atom is 0.147 e. The number of hydrogen-bond donors (Lipinski definition) is 1. The smallest absolute Gasteiger partial charge is 0.147 e. The molecule has 2 unspecified atom stereocenters. The van der Waals surface area contributed by atoms with E-state index in [0.717, 1.165) is 19.5 Å². The minimum atomic E-state index is -0.325. The summed E-state index contributed by atoms with van der Waals surface area (Å²) in [6, 6.07) is 6.69. The first kappa shape index (κ1) is 11.9. The van der Waals surface area contributed by atoms with Gasteiger partial charge in [-0.15, -0.1) is 0 Å². The number of anilines is 1. The Kier molecular flexibility index (Phi) is 3.30. The van der Waals surface area contributed by atoms with Crippen molar-refractivity contribution in [3.63, 3.8) is 0 Å². The fraction of sp³-hybridized carbons (Fsp3) is 0.462. The zero-order valence-corrected chi connectivity index (χ0v) is 9.86. The molecular weight excluding hydrogens is 217 g/mol. The van der Waals surface area contributed by atoms with E-state index in [1.54, 1.807) is 12.1 Å². The van der Waals surface area contributed by atoms with Gasteiger partial charge in [0.2, 0.25) is 0 Å². The summed E-state index contributed by atoms with van der Waals surface area (Å²) in [6.07, 6.45) is 0.997. The van der Waals surface area contributed by atoms with E-state index < -0.39 is 0 Å². The lowest BCUT2D eigenvalue weighted by Gasteiger charge is -2.20. The van der Waals surface area contributed by atoms with Crippen LogP contribution in [0.2, 0.25) is 0 Å². The van der Waals surface area contributed by atoms with Gasteiger partial charge in [0.15, 0.2) is 0 Å². The third-order valence-corrected chi connectivity index (χ3v) is 3.39. The van der Waals surface area contributed by atoms with Gasteiger partial charge in [-0.25, -0.2) is 4.39 Å². The summed E-state index contributed by atoms with van der Waals surface area (Å²) in [7, 11) is 0. The monoisotopic (exact) mass is 233 g/mol. The fourth-order valence-electron chi connectivity index (χ4n) is 2.27. The molecule has 3 nitrogen and oxygen atoms in total. The highest BCUT2D eigenvalue weighted by molar-refractivity contribution is 5.51. The first-order chi connectivity index (χ1) is 8.11. The quantitative estimate of drug-likeness (QED) is 0.848. The van der Waals surface area contributed by atoms with Crippen LogP contribution >= 0.6 is 0 Å². The van der Waals surface area contributed by atoms with Crippen LogP contribution in [-0.2, 0) is 0 Å². The van der Waals surface area contributed by atoms with Crippen LogP contribution in [0.25, 0.3) is 0 Å². The van der Waals surface area contributed by atoms with Crippen molar-refractivity contribution in [3.8, 4) is 6.07 Å². The number of nitriles is 1. The molecule has 0 aromatic heterocycles. The molecule has 4 heteroatoms. The zero-order valence-electron chi connectivity index (χ0n) is 9.86. The van der Waals surface area contributed by atoms with E-state index in [-0.39, 0.29) is 11.9 Å². The molecule has 17 heavy (non-hydrogen) atoms. The lowest BCUT2D eigenvalue weighted by Crippen LogP contribution is -2.30. The van der Waals surface area contributed by atoms with E-state index in [0.29, 0.717) is 17.2 Å². The summed E-state index contributed by atoms with van der Waals surface area (Å²) >= 11 is 0. The van der Waals surface area contributed by atoms with E-state index in [1.165, 1.54) is 6.07 Å². The van der Waals surface area contributed by atoms with E-state index >= 15 is 0 Å². The third-order valence-electron chi connectivity index (χ3n) is 3.39. The molecule has 0 spiro atoms. The second-order valence-corrected chi connectivity index (χ2v) is 4.63. The van der Waals surface area contributed by atoms with Crippen LogP contribution in [0, 0.1) is 23.1 Å². The number of nitrogens with two attached hydrogens (primary N) is 1. The Morgan fingerprint density at radius 1 is 1.59 bits per heavy atom. The Balaban J connectivity index is 2.17. The number of benzene rings is 1. The summed E-state index contributed by atoms with van der Waals surface area (Å²) < 4.78 is 13.8. The third kappa shape index (κ3) is 2.40. The lowest BCUT2D eigenvalue weighted by molar-refractivity contribution is 0.487. The lowest BCUT2D eigenvalue weighted by atomic mass is 10.0.